The number of nitrogens with zero attached hydrogens (tertiary/aromatic N) is 2. The van der Waals surface area contributed by atoms with E-state index in [-0.39, 0.29) is 18.1 Å². The standard InChI is InChI=1S/C21H23N3O3S/c1-21(2,3)24-20(17-12-28(26)13-18(17)23-24)22-19(25)11-27-16-9-8-14-6-4-5-7-15(14)10-16/h4-10H,11-13H2,1-3H3,(H,22,25)/t28-/m0/s1. The van der Waals surface area contributed by atoms with Crippen molar-refractivity contribution in [2.24, 2.45) is 0 Å². The molecule has 1 aromatic heterocycles. The second-order valence-corrected chi connectivity index (χ2v) is 9.39. The van der Waals surface area contributed by atoms with E-state index in [9.17, 15) is 9.00 Å². The molecule has 4 rings (SSSR count). The quantitative estimate of drug-likeness (QED) is 0.730. The number of ether oxygens (including phenoxy) is 1. The van der Waals surface area contributed by atoms with Crippen LogP contribution in [0.15, 0.2) is 42.5 Å². The molecular weight excluding hydrogens is 374 g/mol. The zero-order valence-corrected chi connectivity index (χ0v) is 17.0. The number of benzene rings is 2. The Balaban J connectivity index is 1.50. The number of rotatable bonds is 4. The van der Waals surface area contributed by atoms with Gasteiger partial charge in [0, 0.05) is 16.4 Å². The number of hydrogen-bond donors (Lipinski definition) is 1. The van der Waals surface area contributed by atoms with Gasteiger partial charge in [0.15, 0.2) is 6.61 Å². The molecule has 0 saturated heterocycles. The number of anilines is 1. The summed E-state index contributed by atoms with van der Waals surface area (Å²) in [6, 6.07) is 13.7. The van der Waals surface area contributed by atoms with Gasteiger partial charge in [0.05, 0.1) is 22.7 Å². The third-order valence-electron chi connectivity index (χ3n) is 4.65. The van der Waals surface area contributed by atoms with Gasteiger partial charge in [-0.25, -0.2) is 4.68 Å². The van der Waals surface area contributed by atoms with Crippen LogP contribution in [0.3, 0.4) is 0 Å². The van der Waals surface area contributed by atoms with Crippen LogP contribution >= 0.6 is 0 Å². The Bertz CT molecular complexity index is 1080. The van der Waals surface area contributed by atoms with Crippen molar-refractivity contribution in [1.29, 1.82) is 0 Å². The first-order valence-corrected chi connectivity index (χ1v) is 10.7. The maximum Gasteiger partial charge on any atom is 0.263 e. The molecule has 0 unspecified atom stereocenters. The van der Waals surface area contributed by atoms with Crippen molar-refractivity contribution in [1.82, 2.24) is 9.78 Å². The van der Waals surface area contributed by atoms with Crippen LogP contribution in [0.25, 0.3) is 10.8 Å². The van der Waals surface area contributed by atoms with E-state index in [0.717, 1.165) is 22.0 Å². The van der Waals surface area contributed by atoms with Crippen LogP contribution in [-0.4, -0.2) is 26.5 Å². The van der Waals surface area contributed by atoms with Crippen LogP contribution in [0.4, 0.5) is 5.82 Å². The molecule has 0 bridgehead atoms. The zero-order valence-electron chi connectivity index (χ0n) is 16.2. The summed E-state index contributed by atoms with van der Waals surface area (Å²) in [5.41, 5.74) is 1.37. The third-order valence-corrected chi connectivity index (χ3v) is 5.86. The zero-order chi connectivity index (χ0) is 19.9. The second kappa shape index (κ2) is 7.05. The smallest absolute Gasteiger partial charge is 0.263 e. The van der Waals surface area contributed by atoms with Crippen molar-refractivity contribution < 1.29 is 13.7 Å². The largest absolute Gasteiger partial charge is 0.484 e. The Morgan fingerprint density at radius 1 is 1.18 bits per heavy atom. The van der Waals surface area contributed by atoms with Gasteiger partial charge in [-0.15, -0.1) is 0 Å². The average Bonchev–Trinajstić information content (AvgIpc) is 3.17. The Kier molecular flexibility index (Phi) is 4.71. The van der Waals surface area contributed by atoms with Crippen molar-refractivity contribution in [3.8, 4) is 5.75 Å². The number of aromatic nitrogens is 2. The fourth-order valence-electron chi connectivity index (χ4n) is 3.32. The molecule has 1 amide bonds. The molecule has 1 atom stereocenters. The summed E-state index contributed by atoms with van der Waals surface area (Å²) in [6.45, 7) is 5.96. The van der Waals surface area contributed by atoms with Gasteiger partial charge in [-0.3, -0.25) is 9.00 Å². The van der Waals surface area contributed by atoms with Crippen molar-refractivity contribution in [2.45, 2.75) is 37.8 Å². The minimum atomic E-state index is -0.954. The molecule has 28 heavy (non-hydrogen) atoms. The molecule has 1 aliphatic rings. The monoisotopic (exact) mass is 397 g/mol. The Morgan fingerprint density at radius 2 is 1.93 bits per heavy atom. The molecule has 0 fully saturated rings. The second-order valence-electron chi connectivity index (χ2n) is 7.93. The Hall–Kier alpha value is -2.67. The van der Waals surface area contributed by atoms with Crippen molar-refractivity contribution in [2.75, 3.05) is 11.9 Å². The van der Waals surface area contributed by atoms with E-state index >= 15 is 0 Å². The van der Waals surface area contributed by atoms with Crippen LogP contribution in [-0.2, 0) is 32.6 Å². The van der Waals surface area contributed by atoms with Crippen LogP contribution in [0.2, 0.25) is 0 Å². The van der Waals surface area contributed by atoms with Crippen LogP contribution < -0.4 is 10.1 Å². The lowest BCUT2D eigenvalue weighted by Crippen LogP contribution is -2.29. The summed E-state index contributed by atoms with van der Waals surface area (Å²) in [6.07, 6.45) is 0. The highest BCUT2D eigenvalue weighted by atomic mass is 32.2. The summed E-state index contributed by atoms with van der Waals surface area (Å²) in [5.74, 6) is 1.87. The first kappa shape index (κ1) is 18.7. The molecule has 2 heterocycles. The van der Waals surface area contributed by atoms with Gasteiger partial charge in [-0.05, 0) is 43.7 Å². The van der Waals surface area contributed by atoms with Gasteiger partial charge in [0.2, 0.25) is 0 Å². The van der Waals surface area contributed by atoms with Gasteiger partial charge in [0.1, 0.15) is 11.6 Å². The molecule has 6 nitrogen and oxygen atoms in total. The summed E-state index contributed by atoms with van der Waals surface area (Å²) in [5, 5.41) is 9.70. The third kappa shape index (κ3) is 3.67. The molecule has 2 aromatic carbocycles. The van der Waals surface area contributed by atoms with Gasteiger partial charge < -0.3 is 10.1 Å². The van der Waals surface area contributed by atoms with Gasteiger partial charge in [-0.2, -0.15) is 5.10 Å². The lowest BCUT2D eigenvalue weighted by Gasteiger charge is -2.23. The molecule has 0 radical (unpaired) electrons. The fourth-order valence-corrected chi connectivity index (χ4v) is 4.58. The van der Waals surface area contributed by atoms with E-state index in [0.29, 0.717) is 23.1 Å². The molecule has 1 N–H and O–H groups in total. The number of amides is 1. The van der Waals surface area contributed by atoms with Crippen LogP contribution in [0.1, 0.15) is 32.0 Å². The topological polar surface area (TPSA) is 73.2 Å². The number of fused-ring (bicyclic) bond motifs is 2. The highest BCUT2D eigenvalue weighted by molar-refractivity contribution is 7.83. The number of carbonyl (C=O) groups excluding carboxylic acids is 1. The van der Waals surface area contributed by atoms with E-state index in [1.165, 1.54) is 0 Å². The van der Waals surface area contributed by atoms with Crippen LogP contribution in [0.5, 0.6) is 5.75 Å². The first-order chi connectivity index (χ1) is 13.3. The average molecular weight is 398 g/mol. The molecular formula is C21H23N3O3S. The van der Waals surface area contributed by atoms with E-state index in [1.807, 2.05) is 67.9 Å². The molecule has 0 spiro atoms. The Morgan fingerprint density at radius 3 is 2.68 bits per heavy atom. The number of nitrogens with one attached hydrogen (secondary N) is 1. The van der Waals surface area contributed by atoms with Crippen molar-refractivity contribution in [3.05, 3.63) is 53.7 Å². The SMILES string of the molecule is CC(C)(C)n1nc2c(c1NC(=O)COc1ccc3ccccc3c1)C[S@](=O)C2. The van der Waals surface area contributed by atoms with E-state index in [1.54, 1.807) is 0 Å². The lowest BCUT2D eigenvalue weighted by molar-refractivity contribution is -0.118. The van der Waals surface area contributed by atoms with Crippen molar-refractivity contribution >= 4 is 33.3 Å². The highest BCUT2D eigenvalue weighted by Crippen LogP contribution is 2.32. The van der Waals surface area contributed by atoms with Gasteiger partial charge in [0.25, 0.3) is 5.91 Å². The fraction of sp³-hybridized carbons (Fsp3) is 0.333. The minimum Gasteiger partial charge on any atom is -0.484 e. The van der Waals surface area contributed by atoms with Gasteiger partial charge in [-0.1, -0.05) is 30.3 Å². The maximum absolute atomic E-state index is 12.6. The van der Waals surface area contributed by atoms with E-state index in [2.05, 4.69) is 10.4 Å². The minimum absolute atomic E-state index is 0.106. The first-order valence-electron chi connectivity index (χ1n) is 9.19. The molecule has 0 aliphatic carbocycles. The number of carbonyl (C=O) groups is 1. The summed E-state index contributed by atoms with van der Waals surface area (Å²) >= 11 is 0. The summed E-state index contributed by atoms with van der Waals surface area (Å²) in [4.78, 5) is 12.6. The van der Waals surface area contributed by atoms with Crippen LogP contribution in [0, 0.1) is 0 Å². The summed E-state index contributed by atoms with van der Waals surface area (Å²) in [7, 11) is -0.954. The van der Waals surface area contributed by atoms with Gasteiger partial charge >= 0.3 is 0 Å². The molecule has 1 aliphatic heterocycles. The predicted octanol–water partition coefficient (Wildman–Crippen LogP) is 3.57. The maximum atomic E-state index is 12.6. The highest BCUT2D eigenvalue weighted by Gasteiger charge is 2.31. The predicted molar refractivity (Wildman–Crippen MR) is 111 cm³/mol. The molecule has 7 heteroatoms. The lowest BCUT2D eigenvalue weighted by atomic mass is 10.1. The van der Waals surface area contributed by atoms with Crippen molar-refractivity contribution in [3.63, 3.8) is 0 Å². The normalized spacial score (nSPS) is 16.2. The molecule has 3 aromatic rings. The van der Waals surface area contributed by atoms with E-state index in [4.69, 9.17) is 4.74 Å². The molecule has 146 valence electrons. The summed E-state index contributed by atoms with van der Waals surface area (Å²) < 4.78 is 19.4. The molecule has 0 saturated carbocycles. The number of hydrogen-bond acceptors (Lipinski definition) is 4. The van der Waals surface area contributed by atoms with E-state index < -0.39 is 10.8 Å². The Labute approximate surface area is 166 Å².